The minimum atomic E-state index is -1.64. The molecule has 0 N–H and O–H groups in total. The smallest absolute Gasteiger partial charge is 0.442 e. The van der Waals surface area contributed by atoms with E-state index < -0.39 is 70.5 Å². The van der Waals surface area contributed by atoms with Crippen LogP contribution in [-0.2, 0) is 38.2 Å². The standard InChI is InChI=1S/C18H22N4O8/c1-9(23)17(3,4)13(25)11(21-19)15(27)29-7-8-30-16(28)12(22-20)14(26)18(5,6)10(2)24/h7-8H2,1-6H3. The van der Waals surface area contributed by atoms with Gasteiger partial charge in [-0.05, 0) is 41.5 Å². The van der Waals surface area contributed by atoms with Gasteiger partial charge in [0.25, 0.3) is 11.6 Å². The Balaban J connectivity index is 4.99. The molecule has 12 nitrogen and oxygen atoms in total. The van der Waals surface area contributed by atoms with Gasteiger partial charge >= 0.3 is 23.4 Å². The van der Waals surface area contributed by atoms with Crippen molar-refractivity contribution in [2.24, 2.45) is 10.8 Å². The number of esters is 2. The largest absolute Gasteiger partial charge is 0.453 e. The lowest BCUT2D eigenvalue weighted by atomic mass is 9.82. The zero-order valence-electron chi connectivity index (χ0n) is 17.5. The Labute approximate surface area is 171 Å². The number of carbonyl (C=O) groups excluding carboxylic acids is 6. The van der Waals surface area contributed by atoms with Crippen LogP contribution < -0.4 is 0 Å². The Kier molecular flexibility index (Phi) is 9.01. The third-order valence-electron chi connectivity index (χ3n) is 4.46. The van der Waals surface area contributed by atoms with Crippen LogP contribution in [0.25, 0.3) is 11.1 Å². The summed E-state index contributed by atoms with van der Waals surface area (Å²) in [4.78, 5) is 76.2. The highest BCUT2D eigenvalue weighted by molar-refractivity contribution is 6.65. The molecule has 12 heteroatoms. The van der Waals surface area contributed by atoms with E-state index in [0.717, 1.165) is 13.8 Å². The van der Waals surface area contributed by atoms with Gasteiger partial charge in [-0.15, -0.1) is 0 Å². The lowest BCUT2D eigenvalue weighted by Crippen LogP contribution is -2.42. The first kappa shape index (κ1) is 26.4. The fraction of sp³-hybridized carbons (Fsp3) is 0.556. The molecule has 0 aliphatic rings. The summed E-state index contributed by atoms with van der Waals surface area (Å²) in [5.74, 6) is -6.07. The van der Waals surface area contributed by atoms with E-state index in [-0.39, 0.29) is 0 Å². The van der Waals surface area contributed by atoms with E-state index in [1.807, 2.05) is 0 Å². The van der Waals surface area contributed by atoms with Gasteiger partial charge in [0.2, 0.25) is 0 Å². The van der Waals surface area contributed by atoms with E-state index >= 15 is 0 Å². The first-order valence-electron chi connectivity index (χ1n) is 8.56. The van der Waals surface area contributed by atoms with Gasteiger partial charge in [-0.2, -0.15) is 9.58 Å². The van der Waals surface area contributed by atoms with Crippen molar-refractivity contribution >= 4 is 46.5 Å². The first-order chi connectivity index (χ1) is 13.7. The highest BCUT2D eigenvalue weighted by Crippen LogP contribution is 2.19. The molecule has 162 valence electrons. The summed E-state index contributed by atoms with van der Waals surface area (Å²) in [6, 6.07) is 0. The maximum absolute atomic E-state index is 12.2. The average Bonchev–Trinajstić information content (AvgIpc) is 2.65. The van der Waals surface area contributed by atoms with E-state index in [9.17, 15) is 28.8 Å². The quantitative estimate of drug-likeness (QED) is 0.109. The zero-order chi connectivity index (χ0) is 23.9. The van der Waals surface area contributed by atoms with Crippen LogP contribution >= 0.6 is 0 Å². The second kappa shape index (κ2) is 10.2. The molecule has 0 bridgehead atoms. The highest BCUT2D eigenvalue weighted by atomic mass is 16.6. The zero-order valence-corrected chi connectivity index (χ0v) is 17.5. The average molecular weight is 422 g/mol. The molecule has 30 heavy (non-hydrogen) atoms. The molecule has 0 saturated heterocycles. The van der Waals surface area contributed by atoms with Gasteiger partial charge in [-0.25, -0.2) is 9.59 Å². The number of Topliss-reactive ketones (excluding diaryl/α,β-unsaturated/α-hetero) is 4. The van der Waals surface area contributed by atoms with Crippen molar-refractivity contribution < 1.29 is 47.8 Å². The molecule has 0 aliphatic carbocycles. The molecule has 0 amide bonds. The lowest BCUT2D eigenvalue weighted by Gasteiger charge is -2.16. The second-order valence-corrected chi connectivity index (χ2v) is 7.19. The van der Waals surface area contributed by atoms with Crippen molar-refractivity contribution in [3.63, 3.8) is 0 Å². The van der Waals surface area contributed by atoms with Gasteiger partial charge in [0.1, 0.15) is 24.8 Å². The number of rotatable bonds is 11. The Bertz CT molecular complexity index is 829. The fourth-order valence-electron chi connectivity index (χ4n) is 1.68. The minimum absolute atomic E-state index is 0.579. The van der Waals surface area contributed by atoms with E-state index in [1.54, 1.807) is 0 Å². The number of nitrogens with zero attached hydrogens (tertiary/aromatic N) is 4. The summed E-state index contributed by atoms with van der Waals surface area (Å²) in [6.07, 6.45) is 0. The molecule has 0 saturated carbocycles. The number of hydrogen-bond acceptors (Lipinski definition) is 8. The normalized spacial score (nSPS) is 10.7. The summed E-state index contributed by atoms with van der Waals surface area (Å²) in [5.41, 5.74) is 12.5. The van der Waals surface area contributed by atoms with Crippen LogP contribution in [-0.4, -0.2) is 69.3 Å². The van der Waals surface area contributed by atoms with E-state index in [4.69, 9.17) is 11.1 Å². The van der Waals surface area contributed by atoms with Crippen LogP contribution in [0.4, 0.5) is 0 Å². The predicted molar refractivity (Wildman–Crippen MR) is 98.1 cm³/mol. The van der Waals surface area contributed by atoms with Crippen molar-refractivity contribution in [1.82, 2.24) is 0 Å². The molecule has 0 aromatic rings. The molecule has 0 atom stereocenters. The van der Waals surface area contributed by atoms with Crippen LogP contribution in [0.15, 0.2) is 0 Å². The summed E-state index contributed by atoms with van der Waals surface area (Å²) in [6.45, 7) is 5.90. The number of carbonyl (C=O) groups is 6. The summed E-state index contributed by atoms with van der Waals surface area (Å²) in [7, 11) is 0. The lowest BCUT2D eigenvalue weighted by molar-refractivity contribution is -0.151. The molecule has 0 heterocycles. The van der Waals surface area contributed by atoms with Crippen molar-refractivity contribution in [2.45, 2.75) is 41.5 Å². The number of hydrogen-bond donors (Lipinski definition) is 0. The molecule has 0 aromatic heterocycles. The molecule has 0 spiro atoms. The number of ketones is 4. The maximum Gasteiger partial charge on any atom is 0.442 e. The van der Waals surface area contributed by atoms with Gasteiger partial charge in [-0.3, -0.25) is 19.2 Å². The fourth-order valence-corrected chi connectivity index (χ4v) is 1.68. The Hall–Kier alpha value is -3.62. The van der Waals surface area contributed by atoms with Gasteiger partial charge in [0.05, 0.1) is 10.8 Å². The number of ether oxygens (including phenoxy) is 2. The van der Waals surface area contributed by atoms with E-state index in [2.05, 4.69) is 19.1 Å². The van der Waals surface area contributed by atoms with Crippen molar-refractivity contribution in [3.05, 3.63) is 11.1 Å². The molecule has 0 unspecified atom stereocenters. The Morgan fingerprint density at radius 3 is 1.13 bits per heavy atom. The van der Waals surface area contributed by atoms with Gasteiger partial charge in [0.15, 0.2) is 0 Å². The van der Waals surface area contributed by atoms with Crippen molar-refractivity contribution in [3.8, 4) is 0 Å². The summed E-state index contributed by atoms with van der Waals surface area (Å²) in [5, 5.41) is 0. The SMILES string of the molecule is CC(=O)C(C)(C)C(=O)C(=[N+]=[N-])C(=O)OCCOC(=O)C(=[N+]=[N-])C(=O)C(C)(C)C(C)=O. The molecule has 0 rings (SSSR count). The molecule has 0 radical (unpaired) electrons. The first-order valence-corrected chi connectivity index (χ1v) is 8.56. The van der Waals surface area contributed by atoms with Crippen molar-refractivity contribution in [2.75, 3.05) is 13.2 Å². The minimum Gasteiger partial charge on any atom is -0.453 e. The van der Waals surface area contributed by atoms with Crippen LogP contribution in [0, 0.1) is 10.8 Å². The van der Waals surface area contributed by atoms with Gasteiger partial charge < -0.3 is 20.5 Å². The highest BCUT2D eigenvalue weighted by Gasteiger charge is 2.46. The van der Waals surface area contributed by atoms with Crippen LogP contribution in [0.1, 0.15) is 41.5 Å². The predicted octanol–water partition coefficient (Wildman–Crippen LogP) is -0.217. The van der Waals surface area contributed by atoms with Crippen molar-refractivity contribution in [1.29, 1.82) is 0 Å². The molecular weight excluding hydrogens is 400 g/mol. The summed E-state index contributed by atoms with van der Waals surface area (Å²) >= 11 is 0. The monoisotopic (exact) mass is 422 g/mol. The van der Waals surface area contributed by atoms with E-state index in [0.29, 0.717) is 0 Å². The van der Waals surface area contributed by atoms with Crippen LogP contribution in [0.5, 0.6) is 0 Å². The third-order valence-corrected chi connectivity index (χ3v) is 4.46. The molecule has 0 aliphatic heterocycles. The van der Waals surface area contributed by atoms with Gasteiger partial charge in [-0.1, -0.05) is 0 Å². The second-order valence-electron chi connectivity index (χ2n) is 7.19. The van der Waals surface area contributed by atoms with Gasteiger partial charge in [0, 0.05) is 0 Å². The molecule has 0 aromatic carbocycles. The Morgan fingerprint density at radius 1 is 0.667 bits per heavy atom. The maximum atomic E-state index is 12.2. The molecular formula is C18H22N4O8. The van der Waals surface area contributed by atoms with Crippen LogP contribution in [0.3, 0.4) is 0 Å². The Morgan fingerprint density at radius 2 is 0.933 bits per heavy atom. The van der Waals surface area contributed by atoms with E-state index in [1.165, 1.54) is 27.7 Å². The van der Waals surface area contributed by atoms with Crippen LogP contribution in [0.2, 0.25) is 0 Å². The summed E-state index contributed by atoms with van der Waals surface area (Å²) < 4.78 is 9.28. The topological polar surface area (TPSA) is 194 Å². The third kappa shape index (κ3) is 5.94. The molecule has 0 fully saturated rings.